The summed E-state index contributed by atoms with van der Waals surface area (Å²) in [5.41, 5.74) is 3.48. The first-order valence-electron chi connectivity index (χ1n) is 8.23. The van der Waals surface area contributed by atoms with E-state index in [9.17, 15) is 19.8 Å². The maximum Gasteiger partial charge on any atom is 0.349 e. The quantitative estimate of drug-likeness (QED) is 0.190. The number of nitrogens with one attached hydrogen (secondary N) is 3. The fraction of sp³-hybridized carbons (Fsp3) is 0.167. The van der Waals surface area contributed by atoms with Crippen LogP contribution in [0.25, 0.3) is 0 Å². The third kappa shape index (κ3) is 3.46. The number of phenolic OH excluding ortho intramolecular Hbond substituents is 1. The van der Waals surface area contributed by atoms with Crippen LogP contribution in [0.1, 0.15) is 17.5 Å². The molecule has 1 aliphatic rings. The molecule has 10 nitrogen and oxygen atoms in total. The van der Waals surface area contributed by atoms with Crippen molar-refractivity contribution in [2.75, 3.05) is 12.4 Å². The molecule has 1 atom stereocenters. The molecule has 0 fully saturated rings. The van der Waals surface area contributed by atoms with Gasteiger partial charge in [-0.25, -0.2) is 16.1 Å². The summed E-state index contributed by atoms with van der Waals surface area (Å²) in [4.78, 5) is 23.9. The molecule has 0 saturated heterocycles. The second kappa shape index (κ2) is 7.55. The van der Waals surface area contributed by atoms with Crippen LogP contribution in [0.4, 0.5) is 10.5 Å². The van der Waals surface area contributed by atoms with Crippen LogP contribution in [-0.4, -0.2) is 35.0 Å². The Hall–Kier alpha value is -3.63. The van der Waals surface area contributed by atoms with Gasteiger partial charge in [-0.15, -0.1) is 0 Å². The monoisotopic (exact) mass is 385 g/mol. The number of nitrogens with zero attached hydrogens (tertiary/aromatic N) is 1. The van der Waals surface area contributed by atoms with Crippen LogP contribution in [0.5, 0.6) is 11.5 Å². The number of hydrazone groups is 1. The number of phenols is 1. The number of aliphatic hydroxyl groups is 1. The number of para-hydroxylation sites is 1. The summed E-state index contributed by atoms with van der Waals surface area (Å²) in [6.45, 7) is 0. The van der Waals surface area contributed by atoms with Gasteiger partial charge in [0.2, 0.25) is 0 Å². The molecular formula is C18H19N5O5. The molecule has 0 spiro atoms. The SMILES string of the molecule is COc1ccc(/C(C[C@@]2(O)C(=O)Nc3ccccc32)=N/NC(=O)NN)cc1O. The number of fused-ring (bicyclic) bond motifs is 1. The predicted octanol–water partition coefficient (Wildman–Crippen LogP) is 0.508. The van der Waals surface area contributed by atoms with Gasteiger partial charge in [-0.2, -0.15) is 5.10 Å². The molecule has 2 aromatic rings. The van der Waals surface area contributed by atoms with Crippen molar-refractivity contribution in [2.24, 2.45) is 10.9 Å². The zero-order valence-corrected chi connectivity index (χ0v) is 14.9. The standard InChI is InChI=1S/C18H19N5O5/c1-28-15-7-6-10(8-14(15)24)13(22-23-17(26)21-19)9-18(27)11-4-2-3-5-12(11)20-16(18)25/h2-8,24,27H,9,19H2,1H3,(H,20,25)(H2,21,23,26)/b22-13+/t18-/m0/s1. The van der Waals surface area contributed by atoms with Gasteiger partial charge >= 0.3 is 6.03 Å². The molecule has 0 radical (unpaired) electrons. The van der Waals surface area contributed by atoms with Crippen molar-refractivity contribution in [1.82, 2.24) is 10.9 Å². The summed E-state index contributed by atoms with van der Waals surface area (Å²) in [5.74, 6) is 4.48. The second-order valence-corrected chi connectivity index (χ2v) is 6.07. The van der Waals surface area contributed by atoms with Crippen molar-refractivity contribution in [3.8, 4) is 11.5 Å². The lowest BCUT2D eigenvalue weighted by Gasteiger charge is -2.22. The molecule has 1 heterocycles. The minimum Gasteiger partial charge on any atom is -0.504 e. The van der Waals surface area contributed by atoms with E-state index in [1.54, 1.807) is 30.3 Å². The Balaban J connectivity index is 2.02. The summed E-state index contributed by atoms with van der Waals surface area (Å²) >= 11 is 0. The lowest BCUT2D eigenvalue weighted by atomic mass is 9.87. The Morgan fingerprint density at radius 2 is 2.07 bits per heavy atom. The van der Waals surface area contributed by atoms with Crippen molar-refractivity contribution in [2.45, 2.75) is 12.0 Å². The number of amides is 3. The highest BCUT2D eigenvalue weighted by Gasteiger charge is 2.46. The van der Waals surface area contributed by atoms with Crippen LogP contribution >= 0.6 is 0 Å². The highest BCUT2D eigenvalue weighted by molar-refractivity contribution is 6.11. The summed E-state index contributed by atoms with van der Waals surface area (Å²) in [7, 11) is 1.40. The lowest BCUT2D eigenvalue weighted by Crippen LogP contribution is -2.40. The fourth-order valence-corrected chi connectivity index (χ4v) is 2.94. The van der Waals surface area contributed by atoms with Crippen molar-refractivity contribution >= 4 is 23.3 Å². The second-order valence-electron chi connectivity index (χ2n) is 6.07. The van der Waals surface area contributed by atoms with E-state index in [4.69, 9.17) is 10.6 Å². The minimum absolute atomic E-state index is 0.135. The summed E-state index contributed by atoms with van der Waals surface area (Å²) in [6.07, 6.45) is -0.271. The molecule has 0 saturated carbocycles. The molecule has 3 rings (SSSR count). The molecule has 1 aliphatic heterocycles. The zero-order chi connectivity index (χ0) is 20.3. The summed E-state index contributed by atoms with van der Waals surface area (Å²) in [5, 5.41) is 27.7. The van der Waals surface area contributed by atoms with Gasteiger partial charge in [-0.05, 0) is 24.3 Å². The first kappa shape index (κ1) is 19.1. The van der Waals surface area contributed by atoms with E-state index in [0.29, 0.717) is 16.8 Å². The van der Waals surface area contributed by atoms with Crippen LogP contribution in [0.3, 0.4) is 0 Å². The van der Waals surface area contributed by atoms with Gasteiger partial charge < -0.3 is 20.3 Å². The van der Waals surface area contributed by atoms with E-state index < -0.39 is 17.5 Å². The topological polar surface area (TPSA) is 158 Å². The Morgan fingerprint density at radius 1 is 1.32 bits per heavy atom. The van der Waals surface area contributed by atoms with Crippen LogP contribution in [0.15, 0.2) is 47.6 Å². The average Bonchev–Trinajstić information content (AvgIpc) is 2.95. The number of rotatable bonds is 5. The molecular weight excluding hydrogens is 366 g/mol. The van der Waals surface area contributed by atoms with Crippen molar-refractivity contribution in [1.29, 1.82) is 0 Å². The number of aromatic hydroxyl groups is 1. The number of carbonyl (C=O) groups is 2. The molecule has 2 aromatic carbocycles. The van der Waals surface area contributed by atoms with E-state index >= 15 is 0 Å². The third-order valence-electron chi connectivity index (χ3n) is 4.36. The lowest BCUT2D eigenvalue weighted by molar-refractivity contribution is -0.132. The zero-order valence-electron chi connectivity index (χ0n) is 14.9. The van der Waals surface area contributed by atoms with Gasteiger partial charge in [0.05, 0.1) is 12.8 Å². The highest BCUT2D eigenvalue weighted by atomic mass is 16.5. The third-order valence-corrected chi connectivity index (χ3v) is 4.36. The molecule has 0 bridgehead atoms. The minimum atomic E-state index is -1.91. The van der Waals surface area contributed by atoms with E-state index in [1.807, 2.05) is 5.43 Å². The highest BCUT2D eigenvalue weighted by Crippen LogP contribution is 2.39. The van der Waals surface area contributed by atoms with Crippen LogP contribution in [0.2, 0.25) is 0 Å². The predicted molar refractivity (Wildman–Crippen MR) is 101 cm³/mol. The molecule has 10 heteroatoms. The molecule has 0 aliphatic carbocycles. The number of ether oxygens (including phenoxy) is 1. The largest absolute Gasteiger partial charge is 0.504 e. The van der Waals surface area contributed by atoms with Crippen LogP contribution < -0.4 is 26.7 Å². The van der Waals surface area contributed by atoms with Gasteiger partial charge in [-0.1, -0.05) is 18.2 Å². The first-order chi connectivity index (χ1) is 13.4. The number of carbonyl (C=O) groups excluding carboxylic acids is 2. The normalized spacial score (nSPS) is 18.2. The van der Waals surface area contributed by atoms with Crippen LogP contribution in [-0.2, 0) is 10.4 Å². The first-order valence-corrected chi connectivity index (χ1v) is 8.23. The average molecular weight is 385 g/mol. The fourth-order valence-electron chi connectivity index (χ4n) is 2.94. The molecule has 0 unspecified atom stereocenters. The Kier molecular flexibility index (Phi) is 5.16. The Labute approximate surface area is 160 Å². The van der Waals surface area contributed by atoms with Crippen molar-refractivity contribution in [3.63, 3.8) is 0 Å². The molecule has 146 valence electrons. The van der Waals surface area contributed by atoms with Gasteiger partial charge in [0.1, 0.15) is 0 Å². The smallest absolute Gasteiger partial charge is 0.349 e. The Bertz CT molecular complexity index is 961. The van der Waals surface area contributed by atoms with E-state index in [2.05, 4.69) is 15.8 Å². The van der Waals surface area contributed by atoms with Gasteiger partial charge in [0.25, 0.3) is 5.91 Å². The van der Waals surface area contributed by atoms with Crippen molar-refractivity contribution in [3.05, 3.63) is 53.6 Å². The van der Waals surface area contributed by atoms with E-state index in [0.717, 1.165) is 0 Å². The number of benzene rings is 2. The number of anilines is 1. The molecule has 3 amide bonds. The summed E-state index contributed by atoms with van der Waals surface area (Å²) in [6, 6.07) is 10.3. The maximum absolute atomic E-state index is 12.5. The van der Waals surface area contributed by atoms with Crippen LogP contribution in [0, 0.1) is 0 Å². The van der Waals surface area contributed by atoms with E-state index in [-0.39, 0.29) is 23.6 Å². The molecule has 28 heavy (non-hydrogen) atoms. The number of urea groups is 1. The maximum atomic E-state index is 12.5. The number of hydrogen-bond donors (Lipinski definition) is 6. The van der Waals surface area contributed by atoms with E-state index in [1.165, 1.54) is 19.2 Å². The number of hydrogen-bond acceptors (Lipinski definition) is 7. The van der Waals surface area contributed by atoms with Crippen molar-refractivity contribution < 1.29 is 24.5 Å². The summed E-state index contributed by atoms with van der Waals surface area (Å²) < 4.78 is 5.01. The van der Waals surface area contributed by atoms with Gasteiger partial charge in [0, 0.05) is 23.2 Å². The number of hydrazine groups is 1. The number of nitrogens with two attached hydrogens (primary N) is 1. The Morgan fingerprint density at radius 3 is 2.75 bits per heavy atom. The van der Waals surface area contributed by atoms with Gasteiger partial charge in [0.15, 0.2) is 17.1 Å². The van der Waals surface area contributed by atoms with Gasteiger partial charge in [-0.3, -0.25) is 10.2 Å². The molecule has 7 N–H and O–H groups in total. The number of methoxy groups -OCH3 is 1. The molecule has 0 aromatic heterocycles.